The van der Waals surface area contributed by atoms with Crippen LogP contribution in [0.2, 0.25) is 0 Å². The zero-order valence-electron chi connectivity index (χ0n) is 9.58. The maximum Gasteiger partial charge on any atom is 0.125 e. The first-order valence-corrected chi connectivity index (χ1v) is 5.42. The number of phenolic OH excluding ortho intramolecular Hbond substituents is 1. The highest BCUT2D eigenvalue weighted by atomic mass is 16.5. The fourth-order valence-corrected chi connectivity index (χ4v) is 2.16. The monoisotopic (exact) mass is 217 g/mol. The molecule has 0 bridgehead atoms. The Labute approximate surface area is 95.3 Å². The fraction of sp³-hybridized carbons (Fsp3) is 0.462. The number of methoxy groups -OCH3 is 1. The molecule has 1 aromatic rings. The number of hydrogen-bond acceptors (Lipinski definition) is 3. The molecule has 0 unspecified atom stereocenters. The Hall–Kier alpha value is -1.69. The summed E-state index contributed by atoms with van der Waals surface area (Å²) in [4.78, 5) is 0. The van der Waals surface area contributed by atoms with Gasteiger partial charge >= 0.3 is 0 Å². The molecule has 0 atom stereocenters. The van der Waals surface area contributed by atoms with Crippen LogP contribution in [0.3, 0.4) is 0 Å². The predicted molar refractivity (Wildman–Crippen MR) is 60.5 cm³/mol. The summed E-state index contributed by atoms with van der Waals surface area (Å²) >= 11 is 0. The third-order valence-electron chi connectivity index (χ3n) is 3.53. The average Bonchev–Trinajstić information content (AvgIpc) is 2.22. The van der Waals surface area contributed by atoms with Gasteiger partial charge in [0.15, 0.2) is 0 Å². The van der Waals surface area contributed by atoms with E-state index in [0.717, 1.165) is 30.4 Å². The molecule has 1 N–H and O–H groups in total. The van der Waals surface area contributed by atoms with Crippen LogP contribution < -0.4 is 4.74 Å². The molecule has 16 heavy (non-hydrogen) atoms. The van der Waals surface area contributed by atoms with Gasteiger partial charge in [-0.2, -0.15) is 5.26 Å². The van der Waals surface area contributed by atoms with E-state index in [4.69, 9.17) is 4.74 Å². The molecule has 2 rings (SSSR count). The van der Waals surface area contributed by atoms with E-state index < -0.39 is 5.41 Å². The van der Waals surface area contributed by atoms with Crippen LogP contribution in [0.4, 0.5) is 0 Å². The van der Waals surface area contributed by atoms with E-state index in [2.05, 4.69) is 6.07 Å². The van der Waals surface area contributed by atoms with E-state index in [-0.39, 0.29) is 5.75 Å². The second kappa shape index (κ2) is 3.71. The Bertz CT molecular complexity index is 456. The SMILES string of the molecule is COc1cc(C2(C#N)CCC2)cc(O)c1C. The highest BCUT2D eigenvalue weighted by Crippen LogP contribution is 2.45. The lowest BCUT2D eigenvalue weighted by molar-refractivity contribution is 0.320. The van der Waals surface area contributed by atoms with Gasteiger partial charge in [-0.05, 0) is 43.9 Å². The summed E-state index contributed by atoms with van der Waals surface area (Å²) in [7, 11) is 1.57. The van der Waals surface area contributed by atoms with Crippen molar-refractivity contribution in [3.05, 3.63) is 23.3 Å². The van der Waals surface area contributed by atoms with Crippen molar-refractivity contribution in [2.45, 2.75) is 31.6 Å². The molecule has 1 fully saturated rings. The number of ether oxygens (including phenoxy) is 1. The molecule has 1 aliphatic rings. The third-order valence-corrected chi connectivity index (χ3v) is 3.53. The summed E-state index contributed by atoms with van der Waals surface area (Å²) in [5, 5.41) is 19.0. The van der Waals surface area contributed by atoms with Crippen LogP contribution in [0.5, 0.6) is 11.5 Å². The summed E-state index contributed by atoms with van der Waals surface area (Å²) < 4.78 is 5.21. The van der Waals surface area contributed by atoms with Crippen LogP contribution >= 0.6 is 0 Å². The zero-order valence-corrected chi connectivity index (χ0v) is 9.58. The molecule has 0 radical (unpaired) electrons. The minimum atomic E-state index is -0.404. The Morgan fingerprint density at radius 3 is 2.56 bits per heavy atom. The highest BCUT2D eigenvalue weighted by molar-refractivity contribution is 5.50. The third kappa shape index (κ3) is 1.42. The molecule has 3 heteroatoms. The summed E-state index contributed by atoms with van der Waals surface area (Å²) in [6.07, 6.45) is 2.81. The van der Waals surface area contributed by atoms with E-state index in [1.54, 1.807) is 20.1 Å². The van der Waals surface area contributed by atoms with Gasteiger partial charge in [0.05, 0.1) is 18.6 Å². The minimum absolute atomic E-state index is 0.205. The molecular formula is C13H15NO2. The van der Waals surface area contributed by atoms with Crippen LogP contribution in [0.1, 0.15) is 30.4 Å². The van der Waals surface area contributed by atoms with Gasteiger partial charge in [-0.1, -0.05) is 0 Å². The molecule has 1 saturated carbocycles. The molecule has 0 aliphatic heterocycles. The Kier molecular flexibility index (Phi) is 2.51. The van der Waals surface area contributed by atoms with Crippen LogP contribution in [0.25, 0.3) is 0 Å². The van der Waals surface area contributed by atoms with Crippen LogP contribution in [0.15, 0.2) is 12.1 Å². The van der Waals surface area contributed by atoms with Gasteiger partial charge < -0.3 is 9.84 Å². The first-order chi connectivity index (χ1) is 7.63. The smallest absolute Gasteiger partial charge is 0.125 e. The van der Waals surface area contributed by atoms with Crippen LogP contribution in [-0.4, -0.2) is 12.2 Å². The van der Waals surface area contributed by atoms with Gasteiger partial charge in [0.1, 0.15) is 11.5 Å². The molecule has 0 amide bonds. The largest absolute Gasteiger partial charge is 0.508 e. The Morgan fingerprint density at radius 2 is 2.12 bits per heavy atom. The van der Waals surface area contributed by atoms with E-state index in [0.29, 0.717) is 5.75 Å². The number of nitriles is 1. The number of aromatic hydroxyl groups is 1. The van der Waals surface area contributed by atoms with Crippen molar-refractivity contribution in [3.8, 4) is 17.6 Å². The molecule has 0 aromatic heterocycles. The van der Waals surface area contributed by atoms with Crippen molar-refractivity contribution in [1.82, 2.24) is 0 Å². The van der Waals surface area contributed by atoms with Crippen molar-refractivity contribution in [2.24, 2.45) is 0 Å². The first kappa shape index (κ1) is 10.8. The van der Waals surface area contributed by atoms with Crippen LogP contribution in [0, 0.1) is 18.3 Å². The van der Waals surface area contributed by atoms with Gasteiger partial charge in [0.25, 0.3) is 0 Å². The quantitative estimate of drug-likeness (QED) is 0.828. The van der Waals surface area contributed by atoms with Gasteiger partial charge in [-0.15, -0.1) is 0 Å². The molecule has 0 heterocycles. The standard InChI is InChI=1S/C13H15NO2/c1-9-11(15)6-10(7-12(9)16-2)13(8-14)4-3-5-13/h6-7,15H,3-5H2,1-2H3. The van der Waals surface area contributed by atoms with E-state index in [1.165, 1.54) is 0 Å². The number of nitrogens with zero attached hydrogens (tertiary/aromatic N) is 1. The Morgan fingerprint density at radius 1 is 1.44 bits per heavy atom. The number of hydrogen-bond donors (Lipinski definition) is 1. The highest BCUT2D eigenvalue weighted by Gasteiger charge is 2.39. The lowest BCUT2D eigenvalue weighted by Crippen LogP contribution is -2.32. The Balaban J connectivity index is 2.51. The summed E-state index contributed by atoms with van der Waals surface area (Å²) in [5.41, 5.74) is 1.19. The number of benzene rings is 1. The fourth-order valence-electron chi connectivity index (χ4n) is 2.16. The summed E-state index contributed by atoms with van der Waals surface area (Å²) in [6.45, 7) is 1.80. The second-order valence-corrected chi connectivity index (χ2v) is 4.37. The van der Waals surface area contributed by atoms with Crippen molar-refractivity contribution in [2.75, 3.05) is 7.11 Å². The van der Waals surface area contributed by atoms with Crippen molar-refractivity contribution in [1.29, 1.82) is 5.26 Å². The van der Waals surface area contributed by atoms with Gasteiger partial charge in [-0.3, -0.25) is 0 Å². The maximum absolute atomic E-state index is 9.80. The van der Waals surface area contributed by atoms with E-state index in [9.17, 15) is 10.4 Å². The van der Waals surface area contributed by atoms with Gasteiger partial charge in [0.2, 0.25) is 0 Å². The lowest BCUT2D eigenvalue weighted by Gasteiger charge is -2.36. The van der Waals surface area contributed by atoms with Gasteiger partial charge in [-0.25, -0.2) is 0 Å². The van der Waals surface area contributed by atoms with Crippen molar-refractivity contribution in [3.63, 3.8) is 0 Å². The summed E-state index contributed by atoms with van der Waals surface area (Å²) in [6, 6.07) is 5.93. The van der Waals surface area contributed by atoms with Crippen LogP contribution in [-0.2, 0) is 5.41 Å². The zero-order chi connectivity index (χ0) is 11.8. The molecule has 1 aromatic carbocycles. The molecule has 0 saturated heterocycles. The van der Waals surface area contributed by atoms with Crippen molar-refractivity contribution < 1.29 is 9.84 Å². The van der Waals surface area contributed by atoms with E-state index in [1.807, 2.05) is 6.07 Å². The topological polar surface area (TPSA) is 53.2 Å². The van der Waals surface area contributed by atoms with E-state index >= 15 is 0 Å². The minimum Gasteiger partial charge on any atom is -0.508 e. The lowest BCUT2D eigenvalue weighted by atomic mass is 9.65. The number of phenols is 1. The number of rotatable bonds is 2. The van der Waals surface area contributed by atoms with Crippen molar-refractivity contribution >= 4 is 0 Å². The molecule has 0 spiro atoms. The molecule has 1 aliphatic carbocycles. The molecule has 84 valence electrons. The average molecular weight is 217 g/mol. The first-order valence-electron chi connectivity index (χ1n) is 5.42. The maximum atomic E-state index is 9.80. The predicted octanol–water partition coefficient (Wildman–Crippen LogP) is 2.65. The normalized spacial score (nSPS) is 17.3. The second-order valence-electron chi connectivity index (χ2n) is 4.37. The molecule has 3 nitrogen and oxygen atoms in total. The molecular weight excluding hydrogens is 202 g/mol. The summed E-state index contributed by atoms with van der Waals surface area (Å²) in [5.74, 6) is 0.854. The van der Waals surface area contributed by atoms with Gasteiger partial charge in [0, 0.05) is 5.56 Å².